The maximum Gasteiger partial charge on any atom is 0.337 e. The second-order valence-electron chi connectivity index (χ2n) is 3.81. The molecule has 2 rings (SSSR count). The first kappa shape index (κ1) is 12.7. The Morgan fingerprint density at radius 2 is 1.58 bits per heavy atom. The Kier molecular flexibility index (Phi) is 3.81. The third-order valence-corrected chi connectivity index (χ3v) is 2.67. The lowest BCUT2D eigenvalue weighted by Gasteiger charge is -2.03. The second kappa shape index (κ2) is 5.71. The van der Waals surface area contributed by atoms with E-state index in [1.54, 1.807) is 24.3 Å². The minimum Gasteiger partial charge on any atom is -0.465 e. The van der Waals surface area contributed by atoms with Crippen LogP contribution < -0.4 is 0 Å². The van der Waals surface area contributed by atoms with E-state index in [2.05, 4.69) is 14.8 Å². The Morgan fingerprint density at radius 1 is 1.05 bits per heavy atom. The van der Waals surface area contributed by atoms with Crippen molar-refractivity contribution in [3.8, 4) is 11.1 Å². The second-order valence-corrected chi connectivity index (χ2v) is 3.81. The maximum atomic E-state index is 11.3. The van der Waals surface area contributed by atoms with Crippen LogP contribution >= 0.6 is 0 Å². The highest BCUT2D eigenvalue weighted by atomic mass is 16.5. The number of azide groups is 1. The number of esters is 1. The summed E-state index contributed by atoms with van der Waals surface area (Å²) in [5.41, 5.74) is 11.4. The molecule has 0 aliphatic rings. The van der Waals surface area contributed by atoms with Gasteiger partial charge in [-0.1, -0.05) is 41.5 Å². The van der Waals surface area contributed by atoms with Crippen LogP contribution in [0.1, 0.15) is 10.4 Å². The molecule has 0 atom stereocenters. The Bertz CT molecular complexity index is 627. The number of ether oxygens (including phenoxy) is 1. The van der Waals surface area contributed by atoms with Crippen molar-refractivity contribution < 1.29 is 9.53 Å². The maximum absolute atomic E-state index is 11.3. The van der Waals surface area contributed by atoms with Gasteiger partial charge in [0, 0.05) is 10.6 Å². The van der Waals surface area contributed by atoms with Crippen LogP contribution in [0, 0.1) is 0 Å². The van der Waals surface area contributed by atoms with Gasteiger partial charge in [-0.25, -0.2) is 4.79 Å². The number of rotatable bonds is 3. The number of carbonyl (C=O) groups is 1. The van der Waals surface area contributed by atoms with Crippen LogP contribution in [0.5, 0.6) is 0 Å². The summed E-state index contributed by atoms with van der Waals surface area (Å²) < 4.78 is 4.64. The van der Waals surface area contributed by atoms with Gasteiger partial charge in [-0.15, -0.1) is 0 Å². The predicted octanol–water partition coefficient (Wildman–Crippen LogP) is 4.08. The van der Waals surface area contributed by atoms with Crippen LogP contribution in [0.15, 0.2) is 53.6 Å². The van der Waals surface area contributed by atoms with E-state index in [4.69, 9.17) is 5.53 Å². The van der Waals surface area contributed by atoms with Crippen molar-refractivity contribution >= 4 is 11.7 Å². The zero-order valence-corrected chi connectivity index (χ0v) is 10.3. The van der Waals surface area contributed by atoms with E-state index in [1.165, 1.54) is 7.11 Å². The molecule has 0 aromatic heterocycles. The van der Waals surface area contributed by atoms with Gasteiger partial charge in [-0.3, -0.25) is 0 Å². The van der Waals surface area contributed by atoms with E-state index in [0.717, 1.165) is 11.1 Å². The van der Waals surface area contributed by atoms with E-state index >= 15 is 0 Å². The molecule has 0 amide bonds. The Balaban J connectivity index is 2.26. The van der Waals surface area contributed by atoms with Crippen LogP contribution in [0.4, 0.5) is 5.69 Å². The van der Waals surface area contributed by atoms with Crippen molar-refractivity contribution in [3.05, 3.63) is 64.5 Å². The Labute approximate surface area is 110 Å². The molecule has 19 heavy (non-hydrogen) atoms. The monoisotopic (exact) mass is 253 g/mol. The van der Waals surface area contributed by atoms with Gasteiger partial charge in [0.25, 0.3) is 0 Å². The molecule has 0 saturated carbocycles. The largest absolute Gasteiger partial charge is 0.465 e. The summed E-state index contributed by atoms with van der Waals surface area (Å²) in [6.07, 6.45) is 0. The molecule has 2 aromatic rings. The van der Waals surface area contributed by atoms with Gasteiger partial charge < -0.3 is 4.74 Å². The number of nitrogens with zero attached hydrogens (tertiary/aromatic N) is 3. The molecule has 5 heteroatoms. The molecule has 0 unspecified atom stereocenters. The molecular weight excluding hydrogens is 242 g/mol. The number of hydrogen-bond acceptors (Lipinski definition) is 3. The number of benzene rings is 2. The van der Waals surface area contributed by atoms with Gasteiger partial charge in [-0.05, 0) is 28.8 Å². The number of carbonyl (C=O) groups excluding carboxylic acids is 1. The minimum absolute atomic E-state index is 0.356. The molecule has 0 aliphatic carbocycles. The van der Waals surface area contributed by atoms with Crippen LogP contribution in [0.3, 0.4) is 0 Å². The normalized spacial score (nSPS) is 9.53. The lowest BCUT2D eigenvalue weighted by atomic mass is 10.0. The summed E-state index contributed by atoms with van der Waals surface area (Å²) in [6.45, 7) is 0. The molecule has 5 nitrogen and oxygen atoms in total. The van der Waals surface area contributed by atoms with E-state index in [-0.39, 0.29) is 5.97 Å². The van der Waals surface area contributed by atoms with Crippen molar-refractivity contribution in [2.45, 2.75) is 0 Å². The molecule has 2 aromatic carbocycles. The lowest BCUT2D eigenvalue weighted by Crippen LogP contribution is -2.00. The Morgan fingerprint density at radius 3 is 2.05 bits per heavy atom. The van der Waals surface area contributed by atoms with Gasteiger partial charge in [0.1, 0.15) is 0 Å². The molecule has 0 radical (unpaired) electrons. The molecule has 0 spiro atoms. The zero-order valence-electron chi connectivity index (χ0n) is 10.3. The SMILES string of the molecule is COC(=O)c1ccc(-c2ccc(N=[N+]=[N-])cc2)cc1. The van der Waals surface area contributed by atoms with Gasteiger partial charge in [0.15, 0.2) is 0 Å². The highest BCUT2D eigenvalue weighted by molar-refractivity contribution is 5.89. The summed E-state index contributed by atoms with van der Waals surface area (Å²) in [6, 6.07) is 14.3. The van der Waals surface area contributed by atoms with Crippen LogP contribution in [-0.2, 0) is 4.74 Å². The lowest BCUT2D eigenvalue weighted by molar-refractivity contribution is 0.0601. The van der Waals surface area contributed by atoms with Crippen molar-refractivity contribution in [2.24, 2.45) is 5.11 Å². The van der Waals surface area contributed by atoms with Gasteiger partial charge in [0.2, 0.25) is 0 Å². The van der Waals surface area contributed by atoms with Crippen LogP contribution in [0.2, 0.25) is 0 Å². The average Bonchev–Trinajstić information content (AvgIpc) is 2.48. The predicted molar refractivity (Wildman–Crippen MR) is 72.0 cm³/mol. The third-order valence-electron chi connectivity index (χ3n) is 2.67. The molecule has 0 heterocycles. The fourth-order valence-corrected chi connectivity index (χ4v) is 1.69. The van der Waals surface area contributed by atoms with Crippen LogP contribution in [-0.4, -0.2) is 13.1 Å². The number of hydrogen-bond donors (Lipinski definition) is 0. The molecular formula is C14H11N3O2. The van der Waals surface area contributed by atoms with E-state index in [0.29, 0.717) is 11.3 Å². The smallest absolute Gasteiger partial charge is 0.337 e. The summed E-state index contributed by atoms with van der Waals surface area (Å²) in [5, 5.41) is 3.51. The molecule has 0 bridgehead atoms. The highest BCUT2D eigenvalue weighted by Gasteiger charge is 2.05. The van der Waals surface area contributed by atoms with Crippen molar-refractivity contribution in [2.75, 3.05) is 7.11 Å². The first-order valence-corrected chi connectivity index (χ1v) is 5.58. The summed E-state index contributed by atoms with van der Waals surface area (Å²) in [7, 11) is 1.35. The van der Waals surface area contributed by atoms with Gasteiger partial charge in [-0.2, -0.15) is 0 Å². The summed E-state index contributed by atoms with van der Waals surface area (Å²) in [4.78, 5) is 14.0. The fourth-order valence-electron chi connectivity index (χ4n) is 1.69. The molecule has 0 aliphatic heterocycles. The van der Waals surface area contributed by atoms with Gasteiger partial charge >= 0.3 is 5.97 Å². The molecule has 0 saturated heterocycles. The van der Waals surface area contributed by atoms with E-state index < -0.39 is 0 Å². The third kappa shape index (κ3) is 2.91. The first-order valence-electron chi connectivity index (χ1n) is 5.58. The topological polar surface area (TPSA) is 75.1 Å². The van der Waals surface area contributed by atoms with E-state index in [1.807, 2.05) is 24.3 Å². The fraction of sp³-hybridized carbons (Fsp3) is 0.0714. The number of methoxy groups -OCH3 is 1. The van der Waals surface area contributed by atoms with Gasteiger partial charge in [0.05, 0.1) is 12.7 Å². The van der Waals surface area contributed by atoms with Crippen molar-refractivity contribution in [1.82, 2.24) is 0 Å². The summed E-state index contributed by atoms with van der Waals surface area (Å²) in [5.74, 6) is -0.356. The average molecular weight is 253 g/mol. The zero-order chi connectivity index (χ0) is 13.7. The molecule has 0 N–H and O–H groups in total. The Hall–Kier alpha value is -2.78. The standard InChI is InChI=1S/C14H11N3O2/c1-19-14(18)12-4-2-10(3-5-12)11-6-8-13(9-7-11)16-17-15/h2-9H,1H3. The van der Waals surface area contributed by atoms with Crippen molar-refractivity contribution in [1.29, 1.82) is 0 Å². The quantitative estimate of drug-likeness (QED) is 0.357. The minimum atomic E-state index is -0.356. The summed E-state index contributed by atoms with van der Waals surface area (Å²) >= 11 is 0. The molecule has 94 valence electrons. The molecule has 0 fully saturated rings. The van der Waals surface area contributed by atoms with Crippen LogP contribution in [0.25, 0.3) is 21.6 Å². The highest BCUT2D eigenvalue weighted by Crippen LogP contribution is 2.23. The first-order chi connectivity index (χ1) is 9.24. The van der Waals surface area contributed by atoms with E-state index in [9.17, 15) is 4.79 Å². The van der Waals surface area contributed by atoms with Crippen molar-refractivity contribution in [3.63, 3.8) is 0 Å².